The van der Waals surface area contributed by atoms with Crippen LogP contribution in [-0.4, -0.2) is 28.0 Å². The Balaban J connectivity index is 3.14. The van der Waals surface area contributed by atoms with Crippen molar-refractivity contribution >= 4 is 17.5 Å². The molecule has 0 aliphatic heterocycles. The summed E-state index contributed by atoms with van der Waals surface area (Å²) in [6.45, 7) is 7.54. The summed E-state index contributed by atoms with van der Waals surface area (Å²) >= 11 is 0. The molecule has 1 aromatic heterocycles. The monoisotopic (exact) mass is 282 g/mol. The number of hydrazine groups is 1. The standard InChI is InChI=1S/C12H22N6O2/c1-4-9(5-2)8-17(6-3)11-10(18(19)20)7-14-12(15-11)16-13/h7,9H,4-6,8,13H2,1-3H3,(H,14,15,16). The number of nitrogens with one attached hydrogen (secondary N) is 1. The first-order valence-corrected chi connectivity index (χ1v) is 6.80. The van der Waals surface area contributed by atoms with Gasteiger partial charge < -0.3 is 4.90 Å². The Labute approximate surface area is 118 Å². The van der Waals surface area contributed by atoms with Gasteiger partial charge in [0.1, 0.15) is 6.20 Å². The second-order valence-electron chi connectivity index (χ2n) is 4.53. The predicted molar refractivity (Wildman–Crippen MR) is 78.5 cm³/mol. The molecule has 0 saturated heterocycles. The highest BCUT2D eigenvalue weighted by Crippen LogP contribution is 2.27. The first-order chi connectivity index (χ1) is 9.57. The minimum Gasteiger partial charge on any atom is -0.351 e. The maximum atomic E-state index is 11.1. The average Bonchev–Trinajstić information content (AvgIpc) is 2.48. The molecule has 0 saturated carbocycles. The van der Waals surface area contributed by atoms with Gasteiger partial charge in [-0.2, -0.15) is 4.98 Å². The Bertz CT molecular complexity index is 450. The van der Waals surface area contributed by atoms with Crippen LogP contribution in [0.3, 0.4) is 0 Å². The minimum absolute atomic E-state index is 0.100. The molecule has 0 bridgehead atoms. The zero-order valence-corrected chi connectivity index (χ0v) is 12.2. The van der Waals surface area contributed by atoms with E-state index in [0.29, 0.717) is 18.3 Å². The second kappa shape index (κ2) is 7.59. The number of nitrogen functional groups attached to an aromatic ring is 1. The highest BCUT2D eigenvalue weighted by Gasteiger charge is 2.23. The molecule has 0 amide bonds. The molecule has 0 atom stereocenters. The molecule has 0 aliphatic carbocycles. The third kappa shape index (κ3) is 3.77. The summed E-state index contributed by atoms with van der Waals surface area (Å²) in [7, 11) is 0. The van der Waals surface area contributed by atoms with Gasteiger partial charge in [0.2, 0.25) is 11.8 Å². The Morgan fingerprint density at radius 3 is 2.55 bits per heavy atom. The van der Waals surface area contributed by atoms with Gasteiger partial charge in [-0.25, -0.2) is 10.8 Å². The van der Waals surface area contributed by atoms with Crippen LogP contribution in [0.4, 0.5) is 17.5 Å². The number of nitrogens with zero attached hydrogens (tertiary/aromatic N) is 4. The third-order valence-corrected chi connectivity index (χ3v) is 3.39. The van der Waals surface area contributed by atoms with Crippen LogP contribution < -0.4 is 16.2 Å². The van der Waals surface area contributed by atoms with Gasteiger partial charge >= 0.3 is 5.69 Å². The zero-order valence-electron chi connectivity index (χ0n) is 12.2. The van der Waals surface area contributed by atoms with Gasteiger partial charge in [0.15, 0.2) is 0 Å². The lowest BCUT2D eigenvalue weighted by molar-refractivity contribution is -0.384. The molecule has 0 aromatic carbocycles. The fourth-order valence-corrected chi connectivity index (χ4v) is 2.02. The van der Waals surface area contributed by atoms with Crippen LogP contribution in [0.2, 0.25) is 0 Å². The van der Waals surface area contributed by atoms with Crippen molar-refractivity contribution in [3.05, 3.63) is 16.3 Å². The summed E-state index contributed by atoms with van der Waals surface area (Å²) in [5.41, 5.74) is 2.22. The number of nitrogens with two attached hydrogens (primary N) is 1. The van der Waals surface area contributed by atoms with Crippen LogP contribution in [0.15, 0.2) is 6.20 Å². The lowest BCUT2D eigenvalue weighted by atomic mass is 10.0. The van der Waals surface area contributed by atoms with Crippen LogP contribution in [0.1, 0.15) is 33.6 Å². The number of rotatable bonds is 8. The molecule has 8 nitrogen and oxygen atoms in total. The van der Waals surface area contributed by atoms with E-state index in [2.05, 4.69) is 29.2 Å². The molecule has 1 rings (SSSR count). The van der Waals surface area contributed by atoms with Crippen molar-refractivity contribution in [2.24, 2.45) is 11.8 Å². The van der Waals surface area contributed by atoms with Crippen LogP contribution in [-0.2, 0) is 0 Å². The third-order valence-electron chi connectivity index (χ3n) is 3.39. The van der Waals surface area contributed by atoms with E-state index in [9.17, 15) is 10.1 Å². The molecule has 0 spiro atoms. The molecule has 1 heterocycles. The van der Waals surface area contributed by atoms with Crippen molar-refractivity contribution < 1.29 is 4.92 Å². The lowest BCUT2D eigenvalue weighted by Crippen LogP contribution is -2.31. The van der Waals surface area contributed by atoms with Crippen molar-refractivity contribution in [2.45, 2.75) is 33.6 Å². The van der Waals surface area contributed by atoms with Crippen molar-refractivity contribution in [3.8, 4) is 0 Å². The van der Waals surface area contributed by atoms with Crippen molar-refractivity contribution in [2.75, 3.05) is 23.4 Å². The summed E-state index contributed by atoms with van der Waals surface area (Å²) in [6.07, 6.45) is 3.23. The molecular weight excluding hydrogens is 260 g/mol. The summed E-state index contributed by atoms with van der Waals surface area (Å²) < 4.78 is 0. The highest BCUT2D eigenvalue weighted by atomic mass is 16.6. The molecular formula is C12H22N6O2. The minimum atomic E-state index is -0.467. The lowest BCUT2D eigenvalue weighted by Gasteiger charge is -2.26. The van der Waals surface area contributed by atoms with Gasteiger partial charge in [0.25, 0.3) is 0 Å². The van der Waals surface area contributed by atoms with Gasteiger partial charge in [0.05, 0.1) is 4.92 Å². The molecule has 0 fully saturated rings. The number of nitro groups is 1. The smallest absolute Gasteiger partial charge is 0.329 e. The maximum Gasteiger partial charge on any atom is 0.329 e. The van der Waals surface area contributed by atoms with Gasteiger partial charge in [-0.15, -0.1) is 0 Å². The predicted octanol–water partition coefficient (Wildman–Crippen LogP) is 1.93. The fourth-order valence-electron chi connectivity index (χ4n) is 2.02. The van der Waals surface area contributed by atoms with E-state index in [4.69, 9.17) is 5.84 Å². The van der Waals surface area contributed by atoms with Crippen LogP contribution in [0, 0.1) is 16.0 Å². The van der Waals surface area contributed by atoms with Gasteiger partial charge in [-0.1, -0.05) is 26.7 Å². The van der Waals surface area contributed by atoms with E-state index in [-0.39, 0.29) is 11.6 Å². The van der Waals surface area contributed by atoms with E-state index in [1.165, 1.54) is 6.20 Å². The van der Waals surface area contributed by atoms with Gasteiger partial charge in [0, 0.05) is 13.1 Å². The molecule has 0 aliphatic rings. The number of hydrogen-bond acceptors (Lipinski definition) is 7. The summed E-state index contributed by atoms with van der Waals surface area (Å²) in [5, 5.41) is 11.1. The normalized spacial score (nSPS) is 10.7. The SMILES string of the molecule is CCC(CC)CN(CC)c1nc(NN)ncc1[N+](=O)[O-]. The molecule has 20 heavy (non-hydrogen) atoms. The van der Waals surface area contributed by atoms with E-state index in [0.717, 1.165) is 19.4 Å². The summed E-state index contributed by atoms with van der Waals surface area (Å²) in [4.78, 5) is 20.5. The van der Waals surface area contributed by atoms with Crippen molar-refractivity contribution in [3.63, 3.8) is 0 Å². The Hall–Kier alpha value is -1.96. The van der Waals surface area contributed by atoms with Gasteiger partial charge in [-0.05, 0) is 12.8 Å². The number of anilines is 2. The first kappa shape index (κ1) is 16.1. The molecule has 1 aromatic rings. The van der Waals surface area contributed by atoms with E-state index in [1.807, 2.05) is 11.8 Å². The van der Waals surface area contributed by atoms with E-state index >= 15 is 0 Å². The molecule has 0 unspecified atom stereocenters. The van der Waals surface area contributed by atoms with Crippen LogP contribution in [0.25, 0.3) is 0 Å². The first-order valence-electron chi connectivity index (χ1n) is 6.80. The Morgan fingerprint density at radius 2 is 2.10 bits per heavy atom. The Kier molecular flexibility index (Phi) is 6.10. The fraction of sp³-hybridized carbons (Fsp3) is 0.667. The second-order valence-corrected chi connectivity index (χ2v) is 4.53. The largest absolute Gasteiger partial charge is 0.351 e. The topological polar surface area (TPSA) is 110 Å². The van der Waals surface area contributed by atoms with E-state index in [1.54, 1.807) is 0 Å². The molecule has 112 valence electrons. The average molecular weight is 282 g/mol. The van der Waals surface area contributed by atoms with Crippen LogP contribution >= 0.6 is 0 Å². The summed E-state index contributed by atoms with van der Waals surface area (Å²) in [6, 6.07) is 0. The van der Waals surface area contributed by atoms with Crippen molar-refractivity contribution in [1.82, 2.24) is 9.97 Å². The molecule has 3 N–H and O–H groups in total. The number of hydrogen-bond donors (Lipinski definition) is 2. The zero-order chi connectivity index (χ0) is 15.1. The van der Waals surface area contributed by atoms with Crippen LogP contribution in [0.5, 0.6) is 0 Å². The van der Waals surface area contributed by atoms with Crippen molar-refractivity contribution in [1.29, 1.82) is 0 Å². The maximum absolute atomic E-state index is 11.1. The molecule has 0 radical (unpaired) electrons. The summed E-state index contributed by atoms with van der Waals surface area (Å²) in [5.74, 6) is 6.23. The van der Waals surface area contributed by atoms with E-state index < -0.39 is 4.92 Å². The van der Waals surface area contributed by atoms with Gasteiger partial charge in [-0.3, -0.25) is 15.5 Å². The number of aromatic nitrogens is 2. The Morgan fingerprint density at radius 1 is 1.45 bits per heavy atom. The highest BCUT2D eigenvalue weighted by molar-refractivity contribution is 5.58. The quantitative estimate of drug-likeness (QED) is 0.426. The molecule has 8 heteroatoms.